The molecule has 1 amide bonds. The quantitative estimate of drug-likeness (QED) is 0.739. The Balaban J connectivity index is 1.69. The molecule has 3 atom stereocenters. The zero-order valence-corrected chi connectivity index (χ0v) is 18.0. The van der Waals surface area contributed by atoms with Crippen LogP contribution in [-0.4, -0.2) is 55.5 Å². The van der Waals surface area contributed by atoms with Gasteiger partial charge in [-0.2, -0.15) is 0 Å². The molecular weight excluding hydrogens is 421 g/mol. The maximum absolute atomic E-state index is 13.9. The summed E-state index contributed by atoms with van der Waals surface area (Å²) in [7, 11) is 1.60. The fourth-order valence-corrected chi connectivity index (χ4v) is 4.76. The van der Waals surface area contributed by atoms with Crippen molar-refractivity contribution in [3.05, 3.63) is 64.9 Å². The first-order valence-corrected chi connectivity index (χ1v) is 10.7. The normalized spacial score (nSPS) is 25.4. The van der Waals surface area contributed by atoms with E-state index in [1.165, 1.54) is 29.2 Å². The fourth-order valence-electron chi connectivity index (χ4n) is 4.63. The zero-order chi connectivity index (χ0) is 22.0. The average Bonchev–Trinajstić information content (AvgIpc) is 3.46. The van der Waals surface area contributed by atoms with E-state index in [-0.39, 0.29) is 23.4 Å². The number of halogens is 2. The van der Waals surface area contributed by atoms with Gasteiger partial charge in [0, 0.05) is 43.5 Å². The highest BCUT2D eigenvalue weighted by atomic mass is 35.5. The third-order valence-corrected chi connectivity index (χ3v) is 6.59. The number of ketones is 1. The van der Waals surface area contributed by atoms with Crippen molar-refractivity contribution in [3.63, 3.8) is 0 Å². The highest BCUT2D eigenvalue weighted by molar-refractivity contribution is 6.30. The summed E-state index contributed by atoms with van der Waals surface area (Å²) < 4.78 is 18.7. The summed E-state index contributed by atoms with van der Waals surface area (Å²) in [4.78, 5) is 28.4. The minimum absolute atomic E-state index is 0.0148. The molecule has 2 N–H and O–H groups in total. The van der Waals surface area contributed by atoms with E-state index in [1.54, 1.807) is 19.2 Å². The number of amides is 1. The van der Waals surface area contributed by atoms with Crippen molar-refractivity contribution < 1.29 is 18.7 Å². The second kappa shape index (κ2) is 8.94. The van der Waals surface area contributed by atoms with Crippen molar-refractivity contribution in [1.29, 1.82) is 0 Å². The predicted molar refractivity (Wildman–Crippen MR) is 116 cm³/mol. The third kappa shape index (κ3) is 4.18. The highest BCUT2D eigenvalue weighted by Crippen LogP contribution is 2.40. The fraction of sp³-hybridized carbons (Fsp3) is 0.391. The summed E-state index contributed by atoms with van der Waals surface area (Å²) in [6, 6.07) is 12.6. The van der Waals surface area contributed by atoms with Gasteiger partial charge in [0.05, 0.1) is 0 Å². The number of carbonyl (C=O) groups is 2. The smallest absolute Gasteiger partial charge is 0.410 e. The van der Waals surface area contributed by atoms with Crippen LogP contribution in [0.1, 0.15) is 17.9 Å². The zero-order valence-electron chi connectivity index (χ0n) is 17.2. The number of hydrogen-bond donors (Lipinski definition) is 2. The molecular formula is C23H25ClFN3O3. The van der Waals surface area contributed by atoms with Gasteiger partial charge in [0.2, 0.25) is 0 Å². The lowest BCUT2D eigenvalue weighted by Crippen LogP contribution is -2.62. The molecule has 0 bridgehead atoms. The van der Waals surface area contributed by atoms with Crippen LogP contribution in [0.25, 0.3) is 0 Å². The second-order valence-corrected chi connectivity index (χ2v) is 8.53. The van der Waals surface area contributed by atoms with E-state index >= 15 is 0 Å². The molecule has 1 unspecified atom stereocenters. The molecule has 0 spiro atoms. The lowest BCUT2D eigenvalue weighted by atomic mass is 9.73. The Hall–Kier alpha value is -2.48. The standard InChI is InChI=1S/C23H25ClFN3O3/c1-28(22(30)31-19-8-6-18(25)7-9-19)23(21(29)16-10-11-26-12-16)14-27-13-20(23)15-2-4-17(24)5-3-15/h2-9,16,20,26-27H,10-14H2,1H3/t16?,20-,23+/m0/s1. The van der Waals surface area contributed by atoms with Crippen LogP contribution in [-0.2, 0) is 4.79 Å². The maximum atomic E-state index is 13.9. The van der Waals surface area contributed by atoms with Gasteiger partial charge in [0.15, 0.2) is 5.78 Å². The molecule has 0 aliphatic carbocycles. The molecule has 2 fully saturated rings. The van der Waals surface area contributed by atoms with Gasteiger partial charge in [-0.3, -0.25) is 9.69 Å². The summed E-state index contributed by atoms with van der Waals surface area (Å²) in [5, 5.41) is 7.16. The number of likely N-dealkylation sites (N-methyl/N-ethyl adjacent to an activating group) is 1. The van der Waals surface area contributed by atoms with E-state index in [0.29, 0.717) is 24.7 Å². The first-order chi connectivity index (χ1) is 14.9. The van der Waals surface area contributed by atoms with E-state index in [9.17, 15) is 14.0 Å². The molecule has 6 nitrogen and oxygen atoms in total. The Morgan fingerprint density at radius 1 is 1.10 bits per heavy atom. The molecule has 0 aromatic heterocycles. The average molecular weight is 446 g/mol. The van der Waals surface area contributed by atoms with E-state index < -0.39 is 17.4 Å². The number of rotatable bonds is 5. The summed E-state index contributed by atoms with van der Waals surface area (Å²) >= 11 is 6.07. The Morgan fingerprint density at radius 3 is 2.45 bits per heavy atom. The third-order valence-electron chi connectivity index (χ3n) is 6.34. The topological polar surface area (TPSA) is 70.7 Å². The van der Waals surface area contributed by atoms with Crippen LogP contribution in [0.3, 0.4) is 0 Å². The molecule has 2 aromatic carbocycles. The van der Waals surface area contributed by atoms with E-state index in [2.05, 4.69) is 10.6 Å². The van der Waals surface area contributed by atoms with Crippen molar-refractivity contribution in [3.8, 4) is 5.75 Å². The second-order valence-electron chi connectivity index (χ2n) is 8.09. The Labute approximate surface area is 185 Å². The van der Waals surface area contributed by atoms with Crippen LogP contribution in [0.15, 0.2) is 48.5 Å². The molecule has 164 valence electrons. The number of ether oxygens (including phenoxy) is 1. The summed E-state index contributed by atoms with van der Waals surface area (Å²) in [5.41, 5.74) is -0.183. The summed E-state index contributed by atoms with van der Waals surface area (Å²) in [6.45, 7) is 2.23. The van der Waals surface area contributed by atoms with Gasteiger partial charge in [0.25, 0.3) is 0 Å². The Bertz CT molecular complexity index is 948. The molecule has 8 heteroatoms. The van der Waals surface area contributed by atoms with Gasteiger partial charge in [-0.05, 0) is 54.9 Å². The largest absolute Gasteiger partial charge is 0.415 e. The van der Waals surface area contributed by atoms with Gasteiger partial charge in [-0.25, -0.2) is 9.18 Å². The Kier molecular flexibility index (Phi) is 6.27. The molecule has 31 heavy (non-hydrogen) atoms. The van der Waals surface area contributed by atoms with Crippen molar-refractivity contribution in [2.45, 2.75) is 17.9 Å². The number of hydrogen-bond acceptors (Lipinski definition) is 5. The Morgan fingerprint density at radius 2 is 1.81 bits per heavy atom. The van der Waals surface area contributed by atoms with Gasteiger partial charge in [-0.1, -0.05) is 23.7 Å². The van der Waals surface area contributed by atoms with Gasteiger partial charge < -0.3 is 15.4 Å². The van der Waals surface area contributed by atoms with Crippen molar-refractivity contribution >= 4 is 23.5 Å². The molecule has 4 rings (SSSR count). The van der Waals surface area contributed by atoms with Crippen LogP contribution in [0.5, 0.6) is 5.75 Å². The molecule has 2 saturated heterocycles. The van der Waals surface area contributed by atoms with Gasteiger partial charge in [-0.15, -0.1) is 0 Å². The number of nitrogens with one attached hydrogen (secondary N) is 2. The molecule has 2 aliphatic rings. The minimum atomic E-state index is -1.11. The molecule has 2 aliphatic heterocycles. The minimum Gasteiger partial charge on any atom is -0.410 e. The molecule has 0 radical (unpaired) electrons. The molecule has 2 aromatic rings. The van der Waals surface area contributed by atoms with Gasteiger partial charge in [0.1, 0.15) is 17.1 Å². The number of Topliss-reactive ketones (excluding diaryl/α,β-unsaturated/α-hetero) is 1. The SMILES string of the molecule is CN(C(=O)Oc1ccc(F)cc1)[C@]1(C(=O)C2CCNC2)CNC[C@H]1c1ccc(Cl)cc1. The van der Waals surface area contributed by atoms with E-state index in [1.807, 2.05) is 12.1 Å². The van der Waals surface area contributed by atoms with Crippen molar-refractivity contribution in [2.75, 3.05) is 33.2 Å². The maximum Gasteiger partial charge on any atom is 0.415 e. The van der Waals surface area contributed by atoms with Crippen LogP contribution >= 0.6 is 11.6 Å². The van der Waals surface area contributed by atoms with E-state index in [0.717, 1.165) is 18.5 Å². The van der Waals surface area contributed by atoms with Crippen LogP contribution in [0.2, 0.25) is 5.02 Å². The van der Waals surface area contributed by atoms with Crippen LogP contribution in [0, 0.1) is 11.7 Å². The summed E-state index contributed by atoms with van der Waals surface area (Å²) in [5.74, 6) is -0.630. The predicted octanol–water partition coefficient (Wildman–Crippen LogP) is 3.21. The molecule has 2 heterocycles. The van der Waals surface area contributed by atoms with Crippen LogP contribution in [0.4, 0.5) is 9.18 Å². The lowest BCUT2D eigenvalue weighted by molar-refractivity contribution is -0.132. The first kappa shape index (κ1) is 21.7. The number of benzene rings is 2. The summed E-state index contributed by atoms with van der Waals surface area (Å²) in [6.07, 6.45) is 0.0722. The number of nitrogens with zero attached hydrogens (tertiary/aromatic N) is 1. The van der Waals surface area contributed by atoms with Crippen molar-refractivity contribution in [2.24, 2.45) is 5.92 Å². The van der Waals surface area contributed by atoms with Crippen molar-refractivity contribution in [1.82, 2.24) is 15.5 Å². The van der Waals surface area contributed by atoms with E-state index in [4.69, 9.17) is 16.3 Å². The van der Waals surface area contributed by atoms with Crippen LogP contribution < -0.4 is 15.4 Å². The molecule has 0 saturated carbocycles. The van der Waals surface area contributed by atoms with Gasteiger partial charge >= 0.3 is 6.09 Å². The monoisotopic (exact) mass is 445 g/mol. The lowest BCUT2D eigenvalue weighted by Gasteiger charge is -2.42. The first-order valence-electron chi connectivity index (χ1n) is 10.3. The number of carbonyl (C=O) groups excluding carboxylic acids is 2. The highest BCUT2D eigenvalue weighted by Gasteiger charge is 2.56.